The van der Waals surface area contributed by atoms with Crippen LogP contribution in [0.1, 0.15) is 25.6 Å². The summed E-state index contributed by atoms with van der Waals surface area (Å²) in [5, 5.41) is 6.51. The summed E-state index contributed by atoms with van der Waals surface area (Å²) in [6.45, 7) is 5.84. The van der Waals surface area contributed by atoms with Crippen LogP contribution in [0, 0.1) is 12.8 Å². The summed E-state index contributed by atoms with van der Waals surface area (Å²) in [6.07, 6.45) is 0.564. The van der Waals surface area contributed by atoms with Crippen LogP contribution in [0.15, 0.2) is 4.52 Å². The Morgan fingerprint density at radius 1 is 1.56 bits per heavy atom. The SMILES string of the molecule is Cc1nc(CCNC(=O)C(C)C(C)N)no1. The Morgan fingerprint density at radius 3 is 2.75 bits per heavy atom. The fourth-order valence-electron chi connectivity index (χ4n) is 1.14. The molecule has 1 aromatic rings. The Morgan fingerprint density at radius 2 is 2.25 bits per heavy atom. The van der Waals surface area contributed by atoms with Gasteiger partial charge in [0, 0.05) is 31.8 Å². The molecule has 0 spiro atoms. The number of hydrogen-bond donors (Lipinski definition) is 2. The first-order valence-electron chi connectivity index (χ1n) is 5.33. The first-order valence-corrected chi connectivity index (χ1v) is 5.33. The first-order chi connectivity index (χ1) is 7.50. The molecule has 3 N–H and O–H groups in total. The maximum absolute atomic E-state index is 11.5. The van der Waals surface area contributed by atoms with Gasteiger partial charge in [-0.05, 0) is 6.92 Å². The number of rotatable bonds is 5. The van der Waals surface area contributed by atoms with Crippen LogP contribution >= 0.6 is 0 Å². The van der Waals surface area contributed by atoms with Crippen molar-refractivity contribution in [3.8, 4) is 0 Å². The van der Waals surface area contributed by atoms with Crippen molar-refractivity contribution in [1.82, 2.24) is 15.5 Å². The highest BCUT2D eigenvalue weighted by molar-refractivity contribution is 5.78. The van der Waals surface area contributed by atoms with Crippen molar-refractivity contribution in [2.45, 2.75) is 33.2 Å². The molecule has 0 bridgehead atoms. The van der Waals surface area contributed by atoms with Crippen LogP contribution in [0.2, 0.25) is 0 Å². The molecule has 2 unspecified atom stereocenters. The second-order valence-electron chi connectivity index (χ2n) is 3.92. The van der Waals surface area contributed by atoms with E-state index >= 15 is 0 Å². The van der Waals surface area contributed by atoms with E-state index in [-0.39, 0.29) is 17.9 Å². The van der Waals surface area contributed by atoms with Gasteiger partial charge in [-0.1, -0.05) is 12.1 Å². The van der Waals surface area contributed by atoms with Crippen LogP contribution < -0.4 is 11.1 Å². The minimum absolute atomic E-state index is 0.0461. The second kappa shape index (κ2) is 5.60. The largest absolute Gasteiger partial charge is 0.355 e. The van der Waals surface area contributed by atoms with Crippen molar-refractivity contribution in [3.63, 3.8) is 0 Å². The van der Waals surface area contributed by atoms with Crippen molar-refractivity contribution in [3.05, 3.63) is 11.7 Å². The molecule has 2 atom stereocenters. The van der Waals surface area contributed by atoms with Gasteiger partial charge in [0.1, 0.15) is 0 Å². The molecule has 6 nitrogen and oxygen atoms in total. The summed E-state index contributed by atoms with van der Waals surface area (Å²) >= 11 is 0. The van der Waals surface area contributed by atoms with Crippen molar-refractivity contribution in [2.75, 3.05) is 6.54 Å². The zero-order valence-electron chi connectivity index (χ0n) is 9.86. The Hall–Kier alpha value is -1.43. The Labute approximate surface area is 94.6 Å². The van der Waals surface area contributed by atoms with Gasteiger partial charge in [-0.2, -0.15) is 4.98 Å². The molecule has 1 rings (SSSR count). The van der Waals surface area contributed by atoms with Crippen LogP contribution in [0.3, 0.4) is 0 Å². The van der Waals surface area contributed by atoms with Gasteiger partial charge in [-0.3, -0.25) is 4.79 Å². The van der Waals surface area contributed by atoms with E-state index in [9.17, 15) is 4.79 Å². The molecular weight excluding hydrogens is 208 g/mol. The van der Waals surface area contributed by atoms with E-state index in [2.05, 4.69) is 15.5 Å². The third-order valence-corrected chi connectivity index (χ3v) is 2.42. The number of hydrogen-bond acceptors (Lipinski definition) is 5. The summed E-state index contributed by atoms with van der Waals surface area (Å²) in [6, 6.07) is -0.146. The predicted molar refractivity (Wildman–Crippen MR) is 58.6 cm³/mol. The molecule has 0 radical (unpaired) electrons. The van der Waals surface area contributed by atoms with Crippen LogP contribution in [0.4, 0.5) is 0 Å². The molecular formula is C10H18N4O2. The summed E-state index contributed by atoms with van der Waals surface area (Å²) in [7, 11) is 0. The summed E-state index contributed by atoms with van der Waals surface area (Å²) in [5.74, 6) is 0.902. The zero-order valence-corrected chi connectivity index (χ0v) is 9.86. The molecule has 0 aromatic carbocycles. The molecule has 0 aliphatic carbocycles. The second-order valence-corrected chi connectivity index (χ2v) is 3.92. The lowest BCUT2D eigenvalue weighted by atomic mass is 10.0. The topological polar surface area (TPSA) is 94.0 Å². The molecule has 1 aromatic heterocycles. The highest BCUT2D eigenvalue weighted by Crippen LogP contribution is 1.99. The third-order valence-electron chi connectivity index (χ3n) is 2.42. The molecule has 6 heteroatoms. The average molecular weight is 226 g/mol. The average Bonchev–Trinajstić information content (AvgIpc) is 2.62. The normalized spacial score (nSPS) is 14.5. The highest BCUT2D eigenvalue weighted by Gasteiger charge is 2.16. The van der Waals surface area contributed by atoms with E-state index in [0.717, 1.165) is 0 Å². The van der Waals surface area contributed by atoms with Crippen LogP contribution in [0.25, 0.3) is 0 Å². The molecule has 0 fully saturated rings. The smallest absolute Gasteiger partial charge is 0.224 e. The van der Waals surface area contributed by atoms with Gasteiger partial charge in [0.2, 0.25) is 11.8 Å². The Kier molecular flexibility index (Phi) is 4.42. The lowest BCUT2D eigenvalue weighted by molar-refractivity contribution is -0.124. The van der Waals surface area contributed by atoms with Gasteiger partial charge in [0.25, 0.3) is 0 Å². The number of carbonyl (C=O) groups excluding carboxylic acids is 1. The maximum atomic E-state index is 11.5. The predicted octanol–water partition coefficient (Wildman–Crippen LogP) is 0.0200. The zero-order chi connectivity index (χ0) is 12.1. The molecule has 0 aliphatic rings. The van der Waals surface area contributed by atoms with E-state index in [0.29, 0.717) is 24.7 Å². The number of aromatic nitrogens is 2. The van der Waals surface area contributed by atoms with Gasteiger partial charge in [0.15, 0.2) is 5.82 Å². The van der Waals surface area contributed by atoms with Crippen molar-refractivity contribution < 1.29 is 9.32 Å². The summed E-state index contributed by atoms with van der Waals surface area (Å²) in [5.41, 5.74) is 5.62. The number of aryl methyl sites for hydroxylation is 1. The van der Waals surface area contributed by atoms with Gasteiger partial charge in [0.05, 0.1) is 0 Å². The van der Waals surface area contributed by atoms with E-state index in [1.54, 1.807) is 13.8 Å². The van der Waals surface area contributed by atoms with E-state index in [4.69, 9.17) is 10.3 Å². The maximum Gasteiger partial charge on any atom is 0.224 e. The number of nitrogens with two attached hydrogens (primary N) is 1. The van der Waals surface area contributed by atoms with Gasteiger partial charge < -0.3 is 15.6 Å². The summed E-state index contributed by atoms with van der Waals surface area (Å²) < 4.78 is 4.81. The van der Waals surface area contributed by atoms with Crippen molar-refractivity contribution >= 4 is 5.91 Å². The number of nitrogens with one attached hydrogen (secondary N) is 1. The van der Waals surface area contributed by atoms with E-state index in [1.165, 1.54) is 0 Å². The molecule has 90 valence electrons. The standard InChI is InChI=1S/C10H18N4O2/c1-6(7(2)11)10(15)12-5-4-9-13-8(3)16-14-9/h6-7H,4-5,11H2,1-3H3,(H,12,15). The molecule has 16 heavy (non-hydrogen) atoms. The lowest BCUT2D eigenvalue weighted by Crippen LogP contribution is -2.39. The van der Waals surface area contributed by atoms with E-state index < -0.39 is 0 Å². The fourth-order valence-corrected chi connectivity index (χ4v) is 1.14. The Balaban J connectivity index is 2.28. The minimum Gasteiger partial charge on any atom is -0.355 e. The van der Waals surface area contributed by atoms with Crippen LogP contribution in [-0.4, -0.2) is 28.6 Å². The molecule has 0 aliphatic heterocycles. The minimum atomic E-state index is -0.188. The summed E-state index contributed by atoms with van der Waals surface area (Å²) in [4.78, 5) is 15.6. The first kappa shape index (κ1) is 12.6. The lowest BCUT2D eigenvalue weighted by Gasteiger charge is -2.14. The van der Waals surface area contributed by atoms with Gasteiger partial charge >= 0.3 is 0 Å². The monoisotopic (exact) mass is 226 g/mol. The Bertz CT molecular complexity index is 348. The molecule has 1 amide bonds. The highest BCUT2D eigenvalue weighted by atomic mass is 16.5. The number of amides is 1. The quantitative estimate of drug-likeness (QED) is 0.738. The number of nitrogens with zero attached hydrogens (tertiary/aromatic N) is 2. The van der Waals surface area contributed by atoms with Gasteiger partial charge in [-0.25, -0.2) is 0 Å². The van der Waals surface area contributed by atoms with Gasteiger partial charge in [-0.15, -0.1) is 0 Å². The molecule has 0 saturated carbocycles. The molecule has 0 saturated heterocycles. The van der Waals surface area contributed by atoms with Crippen molar-refractivity contribution in [2.24, 2.45) is 11.7 Å². The van der Waals surface area contributed by atoms with Crippen LogP contribution in [-0.2, 0) is 11.2 Å². The fraction of sp³-hybridized carbons (Fsp3) is 0.700. The van der Waals surface area contributed by atoms with Crippen molar-refractivity contribution in [1.29, 1.82) is 0 Å². The number of carbonyl (C=O) groups is 1. The molecule has 1 heterocycles. The van der Waals surface area contributed by atoms with Crippen LogP contribution in [0.5, 0.6) is 0 Å². The van der Waals surface area contributed by atoms with E-state index in [1.807, 2.05) is 6.92 Å². The third kappa shape index (κ3) is 3.62.